The van der Waals surface area contributed by atoms with Gasteiger partial charge in [-0.25, -0.2) is 4.98 Å². The van der Waals surface area contributed by atoms with Gasteiger partial charge in [0.15, 0.2) is 0 Å². The van der Waals surface area contributed by atoms with Gasteiger partial charge in [0.05, 0.1) is 11.0 Å². The van der Waals surface area contributed by atoms with Crippen molar-refractivity contribution in [2.75, 3.05) is 13.1 Å². The molecule has 3 aromatic rings. The summed E-state index contributed by atoms with van der Waals surface area (Å²) in [6, 6.07) is 18.2. The second-order valence-electron chi connectivity index (χ2n) is 8.32. The number of rotatable bonds is 5. The van der Waals surface area contributed by atoms with E-state index in [4.69, 9.17) is 10.7 Å². The minimum atomic E-state index is -0.260. The number of fused-ring (bicyclic) bond motifs is 1. The Balaban J connectivity index is 1.52. The number of imidazole rings is 1. The number of carbonyl (C=O) groups is 1. The zero-order valence-corrected chi connectivity index (χ0v) is 17.3. The molecule has 0 saturated carbocycles. The third kappa shape index (κ3) is 4.06. The summed E-state index contributed by atoms with van der Waals surface area (Å²) in [5.41, 5.74) is 9.52. The van der Waals surface area contributed by atoms with E-state index in [9.17, 15) is 4.79 Å². The second-order valence-corrected chi connectivity index (χ2v) is 8.32. The predicted molar refractivity (Wildman–Crippen MR) is 117 cm³/mol. The van der Waals surface area contributed by atoms with Crippen LogP contribution in [0.1, 0.15) is 62.5 Å². The average molecular weight is 391 g/mol. The maximum atomic E-state index is 13.0. The smallest absolute Gasteiger partial charge is 0.224 e. The third-order valence-corrected chi connectivity index (χ3v) is 5.90. The maximum absolute atomic E-state index is 13.0. The van der Waals surface area contributed by atoms with Crippen molar-refractivity contribution in [2.45, 2.75) is 51.1 Å². The number of hydrogen-bond donors (Lipinski definition) is 1. The van der Waals surface area contributed by atoms with Crippen molar-refractivity contribution in [1.29, 1.82) is 0 Å². The Labute approximate surface area is 172 Å². The monoisotopic (exact) mass is 390 g/mol. The largest absolute Gasteiger partial charge is 0.342 e. The molecular formula is C24H30N4O. The van der Waals surface area contributed by atoms with Crippen LogP contribution < -0.4 is 5.73 Å². The molecule has 1 fully saturated rings. The van der Waals surface area contributed by atoms with E-state index in [1.807, 2.05) is 41.3 Å². The highest BCUT2D eigenvalue weighted by atomic mass is 16.2. The molecule has 1 aliphatic rings. The molecule has 152 valence electrons. The van der Waals surface area contributed by atoms with E-state index in [0.29, 0.717) is 12.5 Å². The fraction of sp³-hybridized carbons (Fsp3) is 0.417. The van der Waals surface area contributed by atoms with Gasteiger partial charge in [-0.2, -0.15) is 0 Å². The first-order valence-electron chi connectivity index (χ1n) is 10.6. The molecule has 2 unspecified atom stereocenters. The van der Waals surface area contributed by atoms with Gasteiger partial charge in [0.2, 0.25) is 5.91 Å². The van der Waals surface area contributed by atoms with Crippen molar-refractivity contribution in [2.24, 2.45) is 5.73 Å². The van der Waals surface area contributed by atoms with Gasteiger partial charge in [0, 0.05) is 37.5 Å². The molecule has 2 aromatic carbocycles. The summed E-state index contributed by atoms with van der Waals surface area (Å²) in [6.07, 6.45) is 2.40. The molecule has 5 nitrogen and oxygen atoms in total. The summed E-state index contributed by atoms with van der Waals surface area (Å²) >= 11 is 0. The molecule has 0 aliphatic carbocycles. The molecule has 29 heavy (non-hydrogen) atoms. The minimum Gasteiger partial charge on any atom is -0.342 e. The highest BCUT2D eigenvalue weighted by molar-refractivity contribution is 5.78. The molecule has 1 amide bonds. The quantitative estimate of drug-likeness (QED) is 0.702. The van der Waals surface area contributed by atoms with Crippen LogP contribution in [0.2, 0.25) is 0 Å². The number of carbonyl (C=O) groups excluding carboxylic acids is 1. The van der Waals surface area contributed by atoms with Crippen LogP contribution in [0, 0.1) is 0 Å². The average Bonchev–Trinajstić information content (AvgIpc) is 3.14. The summed E-state index contributed by atoms with van der Waals surface area (Å²) in [7, 11) is 0. The van der Waals surface area contributed by atoms with Crippen LogP contribution in [0.15, 0.2) is 54.6 Å². The zero-order valence-electron chi connectivity index (χ0n) is 17.3. The Morgan fingerprint density at radius 2 is 1.86 bits per heavy atom. The molecule has 2 N–H and O–H groups in total. The number of benzene rings is 2. The third-order valence-electron chi connectivity index (χ3n) is 5.90. The fourth-order valence-electron chi connectivity index (χ4n) is 4.44. The van der Waals surface area contributed by atoms with Gasteiger partial charge >= 0.3 is 0 Å². The Kier molecular flexibility index (Phi) is 5.67. The summed E-state index contributed by atoms with van der Waals surface area (Å²) in [5, 5.41) is 0. The van der Waals surface area contributed by atoms with Crippen LogP contribution in [0.3, 0.4) is 0 Å². The number of likely N-dealkylation sites (tertiary alicyclic amines) is 1. The van der Waals surface area contributed by atoms with Crippen molar-refractivity contribution in [1.82, 2.24) is 14.5 Å². The second kappa shape index (κ2) is 8.37. The number of hydrogen-bond acceptors (Lipinski definition) is 3. The highest BCUT2D eigenvalue weighted by Crippen LogP contribution is 2.32. The SMILES string of the molecule is CC(C)n1c(C2CCCN(C(=O)CC(N)c3ccccc3)C2)nc2ccccc21. The number of piperidine rings is 1. The Hall–Kier alpha value is -2.66. The van der Waals surface area contributed by atoms with Crippen LogP contribution in [0.5, 0.6) is 0 Å². The number of nitrogens with two attached hydrogens (primary N) is 1. The first kappa shape index (κ1) is 19.6. The number of para-hydroxylation sites is 2. The molecule has 4 rings (SSSR count). The Morgan fingerprint density at radius 1 is 1.14 bits per heavy atom. The normalized spacial score (nSPS) is 18.3. The molecule has 1 aromatic heterocycles. The van der Waals surface area contributed by atoms with Gasteiger partial charge in [-0.05, 0) is 44.4 Å². The molecule has 0 radical (unpaired) electrons. The van der Waals surface area contributed by atoms with Crippen LogP contribution in [-0.4, -0.2) is 33.4 Å². The molecule has 2 atom stereocenters. The molecule has 1 aliphatic heterocycles. The first-order valence-corrected chi connectivity index (χ1v) is 10.6. The molecule has 2 heterocycles. The summed E-state index contributed by atoms with van der Waals surface area (Å²) < 4.78 is 2.34. The van der Waals surface area contributed by atoms with Gasteiger partial charge < -0.3 is 15.2 Å². The summed E-state index contributed by atoms with van der Waals surface area (Å²) in [5.74, 6) is 1.50. The minimum absolute atomic E-state index is 0.137. The van der Waals surface area contributed by atoms with Crippen molar-refractivity contribution >= 4 is 16.9 Å². The lowest BCUT2D eigenvalue weighted by molar-refractivity contribution is -0.132. The zero-order chi connectivity index (χ0) is 20.4. The Bertz CT molecular complexity index is 979. The van der Waals surface area contributed by atoms with E-state index in [2.05, 4.69) is 36.6 Å². The van der Waals surface area contributed by atoms with Crippen LogP contribution >= 0.6 is 0 Å². The fourth-order valence-corrected chi connectivity index (χ4v) is 4.44. The molecule has 5 heteroatoms. The van der Waals surface area contributed by atoms with Gasteiger partial charge in [-0.15, -0.1) is 0 Å². The standard InChI is InChI=1S/C24H30N4O/c1-17(2)28-22-13-7-6-12-21(22)26-24(28)19-11-8-14-27(16-19)23(29)15-20(25)18-9-4-3-5-10-18/h3-7,9-10,12-13,17,19-20H,8,11,14-16,25H2,1-2H3. The molecule has 0 bridgehead atoms. The molecular weight excluding hydrogens is 360 g/mol. The van der Waals surface area contributed by atoms with Crippen LogP contribution in [0.25, 0.3) is 11.0 Å². The topological polar surface area (TPSA) is 64.2 Å². The van der Waals surface area contributed by atoms with Crippen LogP contribution in [-0.2, 0) is 4.79 Å². The van der Waals surface area contributed by atoms with E-state index in [-0.39, 0.29) is 17.9 Å². The van der Waals surface area contributed by atoms with Crippen molar-refractivity contribution in [3.63, 3.8) is 0 Å². The highest BCUT2D eigenvalue weighted by Gasteiger charge is 2.29. The van der Waals surface area contributed by atoms with Crippen molar-refractivity contribution in [3.05, 3.63) is 66.0 Å². The summed E-state index contributed by atoms with van der Waals surface area (Å²) in [4.78, 5) is 19.9. The molecule has 1 saturated heterocycles. The van der Waals surface area contributed by atoms with Gasteiger partial charge in [-0.1, -0.05) is 42.5 Å². The van der Waals surface area contributed by atoms with E-state index in [1.54, 1.807) is 0 Å². The lowest BCUT2D eigenvalue weighted by Crippen LogP contribution is -2.41. The van der Waals surface area contributed by atoms with E-state index in [1.165, 1.54) is 5.52 Å². The summed E-state index contributed by atoms with van der Waals surface area (Å²) in [6.45, 7) is 5.92. The van der Waals surface area contributed by atoms with Crippen molar-refractivity contribution in [3.8, 4) is 0 Å². The molecule has 0 spiro atoms. The number of nitrogens with zero attached hydrogens (tertiary/aromatic N) is 3. The van der Waals surface area contributed by atoms with Crippen LogP contribution in [0.4, 0.5) is 0 Å². The predicted octanol–water partition coefficient (Wildman–Crippen LogP) is 4.41. The first-order chi connectivity index (χ1) is 14.0. The Morgan fingerprint density at radius 3 is 2.62 bits per heavy atom. The maximum Gasteiger partial charge on any atom is 0.224 e. The van der Waals surface area contributed by atoms with Gasteiger partial charge in [0.25, 0.3) is 0 Å². The van der Waals surface area contributed by atoms with E-state index >= 15 is 0 Å². The number of amides is 1. The van der Waals surface area contributed by atoms with Gasteiger partial charge in [-0.3, -0.25) is 4.79 Å². The lowest BCUT2D eigenvalue weighted by atomic mass is 9.95. The van der Waals surface area contributed by atoms with Crippen molar-refractivity contribution < 1.29 is 4.79 Å². The van der Waals surface area contributed by atoms with E-state index < -0.39 is 0 Å². The van der Waals surface area contributed by atoms with E-state index in [0.717, 1.165) is 42.8 Å². The number of aromatic nitrogens is 2. The van der Waals surface area contributed by atoms with Gasteiger partial charge in [0.1, 0.15) is 5.82 Å². The lowest BCUT2D eigenvalue weighted by Gasteiger charge is -2.34.